The van der Waals surface area contributed by atoms with E-state index in [1.54, 1.807) is 44.2 Å². The minimum absolute atomic E-state index is 0. The number of sulfonamides is 2. The van der Waals surface area contributed by atoms with Gasteiger partial charge in [-0.3, -0.25) is 14.9 Å². The number of fused-ring (bicyclic) bond motifs is 4. The van der Waals surface area contributed by atoms with Crippen LogP contribution in [0.3, 0.4) is 0 Å². The molecule has 0 aromatic heterocycles. The van der Waals surface area contributed by atoms with Crippen LogP contribution in [0.15, 0.2) is 131 Å². The van der Waals surface area contributed by atoms with Crippen molar-refractivity contribution in [3.63, 3.8) is 0 Å². The van der Waals surface area contributed by atoms with Gasteiger partial charge in [-0.05, 0) is 96.9 Å². The number of hydrogen-bond donors (Lipinski definition) is 4. The monoisotopic (exact) mass is 1510 g/mol. The third-order valence-corrected chi connectivity index (χ3v) is 21.5. The zero-order valence-corrected chi connectivity index (χ0v) is 58.9. The number of non-ortho nitro benzene ring substituents is 1. The molecule has 34 heteroatoms. The molecular weight excluding hydrogens is 1420 g/mol. The summed E-state index contributed by atoms with van der Waals surface area (Å²) in [7, 11) is -8.48. The number of ether oxygens (including phenoxy) is 11. The number of amides is 2. The highest BCUT2D eigenvalue weighted by Crippen LogP contribution is 2.39. The molecule has 4 saturated heterocycles. The van der Waals surface area contributed by atoms with Gasteiger partial charge in [-0.25, -0.2) is 26.4 Å². The summed E-state index contributed by atoms with van der Waals surface area (Å²) in [5.41, 5.74) is -0.0369. The van der Waals surface area contributed by atoms with Crippen molar-refractivity contribution in [1.82, 2.24) is 19.2 Å². The van der Waals surface area contributed by atoms with Crippen LogP contribution in [0.25, 0.3) is 0 Å². The van der Waals surface area contributed by atoms with Gasteiger partial charge >= 0.3 is 24.3 Å². The number of aliphatic hydroxyl groups excluding tert-OH is 2. The summed E-state index contributed by atoms with van der Waals surface area (Å²) >= 11 is 0. The first kappa shape index (κ1) is 81.7. The summed E-state index contributed by atoms with van der Waals surface area (Å²) < 4.78 is 156. The topological polar surface area (TPSA) is 383 Å². The van der Waals surface area contributed by atoms with Gasteiger partial charge in [-0.1, -0.05) is 95.8 Å². The predicted molar refractivity (Wildman–Crippen MR) is 366 cm³/mol. The maximum Gasteiger partial charge on any atom is 0.514 e. The van der Waals surface area contributed by atoms with Crippen LogP contribution >= 0.6 is 0 Å². The van der Waals surface area contributed by atoms with Gasteiger partial charge in [-0.15, -0.1) is 0 Å². The van der Waals surface area contributed by atoms with Crippen molar-refractivity contribution in [2.75, 3.05) is 66.2 Å². The van der Waals surface area contributed by atoms with Crippen molar-refractivity contribution in [1.29, 1.82) is 10.5 Å². The fraction of sp³-hybridized carbons (Fsp3) is 0.507. The van der Waals surface area contributed by atoms with E-state index in [4.69, 9.17) is 57.4 Å². The molecule has 0 aliphatic carbocycles. The van der Waals surface area contributed by atoms with E-state index in [2.05, 4.69) is 11.4 Å². The summed E-state index contributed by atoms with van der Waals surface area (Å²) in [6.45, 7) is 7.68. The predicted octanol–water partition coefficient (Wildman–Crippen LogP) is 9.09. The molecule has 5 aromatic rings. The number of nitro benzene ring substituents is 1. The third-order valence-electron chi connectivity index (χ3n) is 17.9. The number of aliphatic hydroxyl groups is 2. The molecular formula is C71H86F3N7O22S2. The molecule has 6 heterocycles. The highest BCUT2D eigenvalue weighted by Gasteiger charge is 2.47. The Kier molecular flexibility index (Phi) is 28.3. The van der Waals surface area contributed by atoms with E-state index in [0.717, 1.165) is 16.3 Å². The summed E-state index contributed by atoms with van der Waals surface area (Å²) in [5.74, 6) is -0.769. The molecule has 6 aliphatic rings. The largest absolute Gasteiger partial charge is 0.514 e. The standard InChI is InChI=1S/C31H39N3O9S.C26H30F3N3O6S.C13H13NO7.CH4/c1-31(2,12-6-13-32)19-34(44(37,38)22-9-10-26-27(16-22)42-20-41-26)17-25(35)24(15-21-7-4-3-5-8-21)33-30(36)43-28-18-40-29-23(28)11-14-39-29;1-25(2,11-6-12-30)16-32(39(35,36)19-9-10-22-23(14-19)38-17-37-22)15-21(33)20(31-24(34)26(27,28)29)13-18-7-4-3-5-8-18;15-13(20-9-3-1-8(2-4-9)14(16)17)21-11-7-19-12-10(11)5-6-18-12;/h3-5,7-10,16,23-25,28-29,35H,6,11-12,14-15,17-20H2,1-2H3,(H,33,36);3-5,7-10,14,20-21,33H,6,11,13,15-17H2,1-2H3,(H,31,34);1-4,10-12H,5-7H2;1H4/t23-,24-,25+,28-,29+;20-,21+;10-,11-,12+;/m000./s1. The fourth-order valence-corrected chi connectivity index (χ4v) is 15.6. The number of alkyl halides is 3. The minimum Gasteiger partial charge on any atom is -0.454 e. The Hall–Kier alpha value is -8.94. The molecule has 29 nitrogen and oxygen atoms in total. The normalized spacial score (nSPS) is 20.4. The Morgan fingerprint density at radius 2 is 1.06 bits per heavy atom. The smallest absolute Gasteiger partial charge is 0.454 e. The molecule has 5 aromatic carbocycles. The molecule has 0 spiro atoms. The van der Waals surface area contributed by atoms with Gasteiger partial charge in [0.1, 0.15) is 18.0 Å². The van der Waals surface area contributed by atoms with E-state index in [-0.39, 0.29) is 131 Å². The molecule has 0 radical (unpaired) electrons. The minimum atomic E-state index is -5.20. The van der Waals surface area contributed by atoms with E-state index >= 15 is 0 Å². The molecule has 570 valence electrons. The van der Waals surface area contributed by atoms with Crippen LogP contribution in [0.5, 0.6) is 28.7 Å². The zero-order valence-electron chi connectivity index (χ0n) is 57.3. The van der Waals surface area contributed by atoms with E-state index in [9.17, 15) is 70.0 Å². The maximum atomic E-state index is 14.1. The molecule has 4 N–H and O–H groups in total. The lowest BCUT2D eigenvalue weighted by molar-refractivity contribution is -0.384. The van der Waals surface area contributed by atoms with E-state index in [0.29, 0.717) is 55.3 Å². The Morgan fingerprint density at radius 3 is 1.49 bits per heavy atom. The second kappa shape index (κ2) is 36.4. The maximum absolute atomic E-state index is 14.1. The van der Waals surface area contributed by atoms with Crippen molar-refractivity contribution in [3.8, 4) is 40.9 Å². The Labute approximate surface area is 606 Å². The Bertz CT molecular complexity index is 4080. The molecule has 105 heavy (non-hydrogen) atoms. The van der Waals surface area contributed by atoms with E-state index in [1.807, 2.05) is 55.6 Å². The lowest BCUT2D eigenvalue weighted by Gasteiger charge is -2.35. The van der Waals surface area contributed by atoms with Crippen LogP contribution in [0, 0.1) is 55.4 Å². The first-order valence-electron chi connectivity index (χ1n) is 33.3. The van der Waals surface area contributed by atoms with E-state index in [1.165, 1.54) is 65.0 Å². The molecule has 6 aliphatic heterocycles. The number of carbonyl (C=O) groups is 3. The first-order valence-corrected chi connectivity index (χ1v) is 36.2. The van der Waals surface area contributed by atoms with Crippen LogP contribution in [-0.2, 0) is 66.1 Å². The average Bonchev–Trinajstić information content (AvgIpc) is 1.46. The number of hydrogen-bond acceptors (Lipinski definition) is 24. The van der Waals surface area contributed by atoms with Gasteiger partial charge in [0.25, 0.3) is 5.69 Å². The summed E-state index contributed by atoms with van der Waals surface area (Å²) in [4.78, 5) is 46.4. The molecule has 0 saturated carbocycles. The van der Waals surface area contributed by atoms with Gasteiger partial charge < -0.3 is 73.0 Å². The van der Waals surface area contributed by atoms with Crippen LogP contribution < -0.4 is 34.3 Å². The van der Waals surface area contributed by atoms with Crippen molar-refractivity contribution in [2.24, 2.45) is 22.7 Å². The number of halogens is 3. The molecule has 0 unspecified atom stereocenters. The van der Waals surface area contributed by atoms with E-state index < -0.39 is 103 Å². The fourth-order valence-electron chi connectivity index (χ4n) is 12.3. The number of benzene rings is 5. The van der Waals surface area contributed by atoms with Crippen molar-refractivity contribution in [3.05, 3.63) is 143 Å². The highest BCUT2D eigenvalue weighted by atomic mass is 32.2. The molecule has 4 fully saturated rings. The number of carbonyl (C=O) groups excluding carboxylic acids is 3. The summed E-state index contributed by atoms with van der Waals surface area (Å²) in [5, 5.41) is 56.0. The number of nitriles is 2. The first-order chi connectivity index (χ1) is 49.4. The van der Waals surface area contributed by atoms with Gasteiger partial charge in [0, 0.05) is 63.3 Å². The lowest BCUT2D eigenvalue weighted by atomic mass is 9.88. The number of nitrogens with zero attached hydrogens (tertiary/aromatic N) is 5. The van der Waals surface area contributed by atoms with Crippen molar-refractivity contribution < 1.29 is 112 Å². The quantitative estimate of drug-likeness (QED) is 0.0157. The average molecular weight is 1510 g/mol. The molecule has 11 rings (SSSR count). The molecule has 0 bridgehead atoms. The molecule has 2 amide bonds. The van der Waals surface area contributed by atoms with Gasteiger partial charge in [0.05, 0.1) is 89.4 Å². The number of rotatable bonds is 28. The van der Waals surface area contributed by atoms with Crippen LogP contribution in [0.2, 0.25) is 0 Å². The summed E-state index contributed by atoms with van der Waals surface area (Å²) in [6.07, 6.45) is -8.69. The lowest BCUT2D eigenvalue weighted by Crippen LogP contribution is -2.54. The van der Waals surface area contributed by atoms with Crippen LogP contribution in [0.1, 0.15) is 84.8 Å². The second-order valence-corrected chi connectivity index (χ2v) is 30.7. The van der Waals surface area contributed by atoms with Crippen molar-refractivity contribution in [2.45, 2.75) is 152 Å². The SMILES string of the molecule is C.CC(C)(CCC#N)CN(C[C@@H](O)[C@H](Cc1ccccc1)NC(=O)C(F)(F)F)S(=O)(=O)c1ccc2c(c1)OCO2.CC(C)(CCC#N)CN(C[C@@H](O)[C@H](Cc1ccccc1)NC(=O)O[C@H]1CO[C@H]2OCC[C@H]21)S(=O)(=O)c1ccc2c(c1)OCO2.O=C(Oc1ccc([N+](=O)[O-])cc1)O[C@H]1CO[C@H]2OCC[C@H]21. The van der Waals surface area contributed by atoms with Gasteiger partial charge in [-0.2, -0.15) is 32.3 Å². The number of nitro groups is 1. The van der Waals surface area contributed by atoms with Crippen molar-refractivity contribution >= 4 is 43.9 Å². The van der Waals surface area contributed by atoms with Crippen LogP contribution in [-0.4, -0.2) is 180 Å². The number of nitrogens with one attached hydrogen (secondary N) is 2. The Balaban J connectivity index is 0.000000209. The van der Waals surface area contributed by atoms with Gasteiger partial charge in [0.15, 0.2) is 35.6 Å². The van der Waals surface area contributed by atoms with Gasteiger partial charge in [0.2, 0.25) is 33.6 Å². The molecule has 10 atom stereocenters. The van der Waals surface area contributed by atoms with Crippen LogP contribution in [0.4, 0.5) is 28.4 Å². The summed E-state index contributed by atoms with van der Waals surface area (Å²) in [6, 6.07) is 32.9. The zero-order chi connectivity index (χ0) is 75.0. The third kappa shape index (κ3) is 22.6. The highest BCUT2D eigenvalue weighted by molar-refractivity contribution is 7.89. The Morgan fingerprint density at radius 1 is 0.629 bits per heavy atom. The second-order valence-electron chi connectivity index (χ2n) is 26.9. The number of alkyl carbamates (subject to hydrolysis) is 1.